The lowest BCUT2D eigenvalue weighted by Crippen LogP contribution is -2.00. The largest absolute Gasteiger partial charge is 0.493 e. The highest BCUT2D eigenvalue weighted by atomic mass is 32.2. The van der Waals surface area contributed by atoms with E-state index >= 15 is 0 Å². The van der Waals surface area contributed by atoms with Gasteiger partial charge in [-0.2, -0.15) is 0 Å². The third-order valence-electron chi connectivity index (χ3n) is 4.44. The Labute approximate surface area is 152 Å². The lowest BCUT2D eigenvalue weighted by atomic mass is 9.95. The molecule has 3 nitrogen and oxygen atoms in total. The maximum Gasteiger partial charge on any atom is 0.138 e. The fourth-order valence-electron chi connectivity index (χ4n) is 3.17. The molecule has 2 N–H and O–H groups in total. The van der Waals surface area contributed by atoms with Gasteiger partial charge >= 0.3 is 0 Å². The van der Waals surface area contributed by atoms with Gasteiger partial charge in [0.25, 0.3) is 0 Å². The fourth-order valence-corrected chi connectivity index (χ4v) is 3.95. The molecule has 1 heterocycles. The highest BCUT2D eigenvalue weighted by Gasteiger charge is 2.19. The van der Waals surface area contributed by atoms with Crippen molar-refractivity contribution in [1.29, 1.82) is 0 Å². The lowest BCUT2D eigenvalue weighted by molar-refractivity contribution is 0.313. The van der Waals surface area contributed by atoms with E-state index < -0.39 is 0 Å². The van der Waals surface area contributed by atoms with Crippen LogP contribution >= 0.6 is 11.8 Å². The van der Waals surface area contributed by atoms with Crippen molar-refractivity contribution >= 4 is 28.2 Å². The van der Waals surface area contributed by atoms with E-state index in [1.54, 1.807) is 11.8 Å². The molecule has 128 valence electrons. The van der Waals surface area contributed by atoms with Crippen molar-refractivity contribution in [2.45, 2.75) is 24.7 Å². The highest BCUT2D eigenvalue weighted by Crippen LogP contribution is 2.46. The Morgan fingerprint density at radius 3 is 2.76 bits per heavy atom. The van der Waals surface area contributed by atoms with E-state index in [0.717, 1.165) is 56.8 Å². The van der Waals surface area contributed by atoms with Crippen LogP contribution in [0.15, 0.2) is 53.4 Å². The number of hydrogen-bond donors (Lipinski definition) is 1. The zero-order valence-electron chi connectivity index (χ0n) is 14.2. The molecule has 0 unspecified atom stereocenters. The predicted molar refractivity (Wildman–Crippen MR) is 106 cm³/mol. The van der Waals surface area contributed by atoms with Gasteiger partial charge < -0.3 is 15.2 Å². The Balaban J connectivity index is 1.93. The molecule has 4 rings (SSSR count). The van der Waals surface area contributed by atoms with Crippen LogP contribution in [-0.4, -0.2) is 12.5 Å². The van der Waals surface area contributed by atoms with Crippen LogP contribution in [0.4, 0.5) is 5.69 Å². The minimum atomic E-state index is 0.661. The van der Waals surface area contributed by atoms with E-state index in [-0.39, 0.29) is 0 Å². The monoisotopic (exact) mass is 351 g/mol. The zero-order chi connectivity index (χ0) is 17.2. The molecule has 0 amide bonds. The summed E-state index contributed by atoms with van der Waals surface area (Å²) in [5.74, 6) is 2.43. The molecule has 4 heteroatoms. The van der Waals surface area contributed by atoms with Gasteiger partial charge in [0.1, 0.15) is 17.4 Å². The van der Waals surface area contributed by atoms with Crippen molar-refractivity contribution in [1.82, 2.24) is 0 Å². The number of ether oxygens (including phenoxy) is 2. The molecule has 0 saturated heterocycles. The average Bonchev–Trinajstić information content (AvgIpc) is 3.08. The van der Waals surface area contributed by atoms with Gasteiger partial charge in [0.05, 0.1) is 11.5 Å². The van der Waals surface area contributed by atoms with E-state index in [9.17, 15) is 0 Å². The third-order valence-corrected chi connectivity index (χ3v) is 5.31. The Morgan fingerprint density at radius 2 is 1.96 bits per heavy atom. The summed E-state index contributed by atoms with van der Waals surface area (Å²) in [5.41, 5.74) is 9.38. The number of rotatable bonds is 5. The van der Waals surface area contributed by atoms with Gasteiger partial charge in [-0.1, -0.05) is 55.4 Å². The second-order valence-corrected chi connectivity index (χ2v) is 7.12. The molecule has 1 aliphatic heterocycles. The van der Waals surface area contributed by atoms with E-state index in [0.29, 0.717) is 12.5 Å². The van der Waals surface area contributed by atoms with Gasteiger partial charge in [0.2, 0.25) is 0 Å². The summed E-state index contributed by atoms with van der Waals surface area (Å²) in [6.45, 7) is 2.86. The molecule has 0 aromatic heterocycles. The van der Waals surface area contributed by atoms with E-state index in [2.05, 4.69) is 31.2 Å². The van der Waals surface area contributed by atoms with Crippen molar-refractivity contribution in [2.24, 2.45) is 0 Å². The summed E-state index contributed by atoms with van der Waals surface area (Å²) in [4.78, 5) is 1.16. The van der Waals surface area contributed by atoms with Gasteiger partial charge in [0, 0.05) is 22.7 Å². The van der Waals surface area contributed by atoms with Crippen LogP contribution in [0.2, 0.25) is 0 Å². The second-order valence-electron chi connectivity index (χ2n) is 6.16. The minimum Gasteiger partial charge on any atom is -0.493 e. The average molecular weight is 351 g/mol. The molecule has 25 heavy (non-hydrogen) atoms. The summed E-state index contributed by atoms with van der Waals surface area (Å²) in [5, 5.41) is 2.18. The van der Waals surface area contributed by atoms with Crippen LogP contribution in [0.5, 0.6) is 11.5 Å². The van der Waals surface area contributed by atoms with Crippen LogP contribution in [0.1, 0.15) is 19.8 Å². The van der Waals surface area contributed by atoms with Crippen molar-refractivity contribution in [3.05, 3.63) is 48.5 Å². The maximum absolute atomic E-state index is 6.45. The Morgan fingerprint density at radius 1 is 1.12 bits per heavy atom. The molecule has 0 spiro atoms. The van der Waals surface area contributed by atoms with Crippen molar-refractivity contribution in [2.75, 3.05) is 18.3 Å². The summed E-state index contributed by atoms with van der Waals surface area (Å²) in [6.07, 6.45) is 2.13. The van der Waals surface area contributed by atoms with E-state index in [1.165, 1.54) is 0 Å². The number of benzene rings is 3. The summed E-state index contributed by atoms with van der Waals surface area (Å²) >= 11 is 1.72. The van der Waals surface area contributed by atoms with Crippen LogP contribution in [0.3, 0.4) is 0 Å². The van der Waals surface area contributed by atoms with Gasteiger partial charge in [-0.05, 0) is 29.5 Å². The van der Waals surface area contributed by atoms with E-state index in [1.807, 2.05) is 24.3 Å². The third kappa shape index (κ3) is 3.02. The van der Waals surface area contributed by atoms with Gasteiger partial charge in [0.15, 0.2) is 0 Å². The smallest absolute Gasteiger partial charge is 0.138 e. The molecule has 1 aliphatic rings. The number of fused-ring (bicyclic) bond motifs is 2. The number of thioether (sulfide) groups is 1. The molecule has 0 radical (unpaired) electrons. The number of anilines is 1. The zero-order valence-corrected chi connectivity index (χ0v) is 15.1. The number of nitrogen functional groups attached to an aromatic ring is 1. The Bertz CT molecular complexity index is 909. The molecular formula is C21H21NO2S. The van der Waals surface area contributed by atoms with Crippen LogP contribution in [0.25, 0.3) is 21.9 Å². The normalized spacial score (nSPS) is 12.8. The van der Waals surface area contributed by atoms with Crippen molar-refractivity contribution in [3.8, 4) is 22.6 Å². The van der Waals surface area contributed by atoms with Gasteiger partial charge in [-0.25, -0.2) is 0 Å². The number of unbranched alkanes of at least 4 members (excludes halogenated alkanes) is 1. The summed E-state index contributed by atoms with van der Waals surface area (Å²) < 4.78 is 11.8. The molecular weight excluding hydrogens is 330 g/mol. The highest BCUT2D eigenvalue weighted by molar-refractivity contribution is 7.99. The molecule has 3 aromatic rings. The molecule has 0 atom stereocenters. The molecule has 0 saturated carbocycles. The molecule has 3 aromatic carbocycles. The summed E-state index contributed by atoms with van der Waals surface area (Å²) in [6, 6.07) is 16.5. The van der Waals surface area contributed by atoms with Crippen LogP contribution < -0.4 is 15.2 Å². The minimum absolute atomic E-state index is 0.661. The first-order chi connectivity index (χ1) is 12.3. The molecule has 0 aliphatic carbocycles. The van der Waals surface area contributed by atoms with Crippen molar-refractivity contribution < 1.29 is 9.47 Å². The van der Waals surface area contributed by atoms with Crippen LogP contribution in [0, 0.1) is 0 Å². The quantitative estimate of drug-likeness (QED) is 0.472. The van der Waals surface area contributed by atoms with Crippen LogP contribution in [-0.2, 0) is 0 Å². The predicted octanol–water partition coefficient (Wildman–Crippen LogP) is 5.71. The molecule has 0 fully saturated rings. The maximum atomic E-state index is 6.45. The van der Waals surface area contributed by atoms with Crippen molar-refractivity contribution in [3.63, 3.8) is 0 Å². The molecule has 0 bridgehead atoms. The summed E-state index contributed by atoms with van der Waals surface area (Å²) in [7, 11) is 0. The van der Waals surface area contributed by atoms with Gasteiger partial charge in [-0.3, -0.25) is 0 Å². The Hall–Kier alpha value is -2.33. The SMILES string of the molecule is CCCCOc1cc(N)c(-c2ccccc2)c2cc3c(cc12)OCS3. The topological polar surface area (TPSA) is 44.5 Å². The van der Waals surface area contributed by atoms with E-state index in [4.69, 9.17) is 15.2 Å². The standard InChI is InChI=1S/C21H21NO2S/c1-2-3-9-23-18-12-17(22)21(14-7-5-4-6-8-14)16-11-20-19(10-15(16)18)24-13-25-20/h4-8,10-12H,2-3,9,13,22H2,1H3. The first-order valence-electron chi connectivity index (χ1n) is 8.62. The number of hydrogen-bond acceptors (Lipinski definition) is 4. The Kier molecular flexibility index (Phi) is 4.45. The second kappa shape index (κ2) is 6.89. The fraction of sp³-hybridized carbons (Fsp3) is 0.238. The first kappa shape index (κ1) is 16.2. The number of nitrogens with two attached hydrogens (primary N) is 1. The van der Waals surface area contributed by atoms with Gasteiger partial charge in [-0.15, -0.1) is 0 Å². The first-order valence-corrected chi connectivity index (χ1v) is 9.60. The lowest BCUT2D eigenvalue weighted by Gasteiger charge is -2.16.